The highest BCUT2D eigenvalue weighted by molar-refractivity contribution is 7.22. The molecule has 0 N–H and O–H groups in total. The van der Waals surface area contributed by atoms with Crippen LogP contribution >= 0.6 is 11.3 Å². The highest BCUT2D eigenvalue weighted by Gasteiger charge is 2.45. The van der Waals surface area contributed by atoms with Crippen LogP contribution in [0.3, 0.4) is 0 Å². The molecule has 5 aromatic rings. The van der Waals surface area contributed by atoms with Crippen molar-refractivity contribution >= 4 is 43.6 Å². The van der Waals surface area contributed by atoms with Crippen LogP contribution in [0, 0.1) is 0 Å². The summed E-state index contributed by atoms with van der Waals surface area (Å²) < 4.78 is 12.3. The molecule has 0 fully saturated rings. The van der Waals surface area contributed by atoms with E-state index in [1.807, 2.05) is 30.3 Å². The summed E-state index contributed by atoms with van der Waals surface area (Å²) in [6, 6.07) is 19.9. The quantitative estimate of drug-likeness (QED) is 0.301. The first-order valence-corrected chi connectivity index (χ1v) is 12.2. The third kappa shape index (κ3) is 3.34. The van der Waals surface area contributed by atoms with E-state index >= 15 is 0 Å². The second kappa shape index (κ2) is 8.06. The molecule has 1 aliphatic rings. The first kappa shape index (κ1) is 21.6. The van der Waals surface area contributed by atoms with Gasteiger partial charge in [-0.3, -0.25) is 14.5 Å². The number of thiazole rings is 1. The molecule has 6 rings (SSSR count). The number of carbonyl (C=O) groups is 1. The van der Waals surface area contributed by atoms with E-state index in [0.717, 1.165) is 15.8 Å². The van der Waals surface area contributed by atoms with Crippen LogP contribution in [-0.2, 0) is 0 Å². The zero-order chi connectivity index (χ0) is 24.3. The molecule has 0 saturated heterocycles. The average molecular weight is 483 g/mol. The molecule has 3 aromatic carbocycles. The summed E-state index contributed by atoms with van der Waals surface area (Å²) in [5.41, 5.74) is 3.32. The van der Waals surface area contributed by atoms with Gasteiger partial charge in [-0.25, -0.2) is 4.98 Å². The van der Waals surface area contributed by atoms with Gasteiger partial charge in [0.1, 0.15) is 11.3 Å². The van der Waals surface area contributed by atoms with Crippen molar-refractivity contribution in [2.24, 2.45) is 0 Å². The Kier molecular flexibility index (Phi) is 4.96. The van der Waals surface area contributed by atoms with Crippen LogP contribution in [-0.4, -0.2) is 18.0 Å². The van der Waals surface area contributed by atoms with Gasteiger partial charge in [0, 0.05) is 0 Å². The van der Waals surface area contributed by atoms with Gasteiger partial charge in [0.05, 0.1) is 34.3 Å². The Balaban J connectivity index is 1.59. The lowest BCUT2D eigenvalue weighted by Gasteiger charge is -2.22. The fraction of sp³-hybridized carbons (Fsp3) is 0.179. The summed E-state index contributed by atoms with van der Waals surface area (Å²) in [4.78, 5) is 33.8. The number of nitrogens with zero attached hydrogens (tertiary/aromatic N) is 2. The maximum Gasteiger partial charge on any atom is 0.297 e. The fourth-order valence-electron chi connectivity index (χ4n) is 4.61. The summed E-state index contributed by atoms with van der Waals surface area (Å²) in [6.07, 6.45) is 0. The van der Waals surface area contributed by atoms with E-state index in [9.17, 15) is 9.59 Å². The first-order valence-electron chi connectivity index (χ1n) is 11.4. The lowest BCUT2D eigenvalue weighted by molar-refractivity contribution is 0.0971. The largest absolute Gasteiger partial charge is 0.497 e. The summed E-state index contributed by atoms with van der Waals surface area (Å²) in [7, 11) is 1.60. The molecule has 2 aromatic heterocycles. The summed E-state index contributed by atoms with van der Waals surface area (Å²) >= 11 is 1.44. The number of aromatic nitrogens is 1. The molecular weight excluding hydrogens is 460 g/mol. The van der Waals surface area contributed by atoms with Gasteiger partial charge in [0.2, 0.25) is 5.76 Å². The SMILES string of the molecule is COc1ccc([C@@H]2c3c(oc4ccccc4c3=O)C(=O)N2c2nc3ccc(C(C)C)cc3s2)cc1. The highest BCUT2D eigenvalue weighted by atomic mass is 32.1. The van der Waals surface area contributed by atoms with E-state index in [4.69, 9.17) is 14.1 Å². The van der Waals surface area contributed by atoms with Crippen LogP contribution in [0.2, 0.25) is 0 Å². The van der Waals surface area contributed by atoms with Crippen LogP contribution in [0.15, 0.2) is 75.9 Å². The van der Waals surface area contributed by atoms with E-state index in [0.29, 0.717) is 33.3 Å². The number of methoxy groups -OCH3 is 1. The molecule has 0 unspecified atom stereocenters. The Labute approximate surface area is 205 Å². The maximum atomic E-state index is 13.8. The summed E-state index contributed by atoms with van der Waals surface area (Å²) in [6.45, 7) is 4.29. The highest BCUT2D eigenvalue weighted by Crippen LogP contribution is 2.44. The van der Waals surface area contributed by atoms with E-state index in [1.54, 1.807) is 36.3 Å². The number of hydrogen-bond donors (Lipinski definition) is 0. The van der Waals surface area contributed by atoms with Crippen molar-refractivity contribution in [2.45, 2.75) is 25.8 Å². The number of amides is 1. The molecular formula is C28H22N2O4S. The van der Waals surface area contributed by atoms with Crippen molar-refractivity contribution in [2.75, 3.05) is 12.0 Å². The van der Waals surface area contributed by atoms with Gasteiger partial charge in [0.15, 0.2) is 10.6 Å². The van der Waals surface area contributed by atoms with Crippen molar-refractivity contribution in [3.63, 3.8) is 0 Å². The first-order chi connectivity index (χ1) is 17.0. The molecule has 174 valence electrons. The molecule has 1 amide bonds. The Hall–Kier alpha value is -3.97. The van der Waals surface area contributed by atoms with Crippen LogP contribution in [0.4, 0.5) is 5.13 Å². The Morgan fingerprint density at radius 1 is 1.03 bits per heavy atom. The zero-order valence-corrected chi connectivity index (χ0v) is 20.3. The lowest BCUT2D eigenvalue weighted by Crippen LogP contribution is -2.29. The second-order valence-electron chi connectivity index (χ2n) is 8.90. The number of anilines is 1. The summed E-state index contributed by atoms with van der Waals surface area (Å²) in [5, 5.41) is 0.979. The fourth-order valence-corrected chi connectivity index (χ4v) is 5.65. The number of ether oxygens (including phenoxy) is 1. The van der Waals surface area contributed by atoms with E-state index in [2.05, 4.69) is 26.0 Å². The van der Waals surface area contributed by atoms with Gasteiger partial charge in [-0.2, -0.15) is 0 Å². The van der Waals surface area contributed by atoms with Crippen molar-refractivity contribution in [3.05, 3.63) is 99.4 Å². The monoisotopic (exact) mass is 482 g/mol. The van der Waals surface area contributed by atoms with Gasteiger partial charge in [-0.15, -0.1) is 0 Å². The number of hydrogen-bond acceptors (Lipinski definition) is 6. The maximum absolute atomic E-state index is 13.8. The lowest BCUT2D eigenvalue weighted by atomic mass is 9.98. The van der Waals surface area contributed by atoms with Gasteiger partial charge in [-0.1, -0.05) is 55.5 Å². The molecule has 7 heteroatoms. The van der Waals surface area contributed by atoms with Gasteiger partial charge in [0.25, 0.3) is 5.91 Å². The van der Waals surface area contributed by atoms with Crippen LogP contribution in [0.1, 0.15) is 53.1 Å². The topological polar surface area (TPSA) is 72.6 Å². The van der Waals surface area contributed by atoms with Crippen molar-refractivity contribution < 1.29 is 13.9 Å². The summed E-state index contributed by atoms with van der Waals surface area (Å²) in [5.74, 6) is 0.768. The predicted octanol–water partition coefficient (Wildman–Crippen LogP) is 6.28. The molecule has 35 heavy (non-hydrogen) atoms. The zero-order valence-electron chi connectivity index (χ0n) is 19.4. The van der Waals surface area contributed by atoms with Crippen molar-refractivity contribution in [1.82, 2.24) is 4.98 Å². The number of rotatable bonds is 4. The van der Waals surface area contributed by atoms with E-state index in [-0.39, 0.29) is 17.1 Å². The minimum atomic E-state index is -0.658. The molecule has 0 aliphatic carbocycles. The Morgan fingerprint density at radius 2 is 1.80 bits per heavy atom. The average Bonchev–Trinajstić information content (AvgIpc) is 3.42. The number of fused-ring (bicyclic) bond motifs is 3. The van der Waals surface area contributed by atoms with Crippen molar-refractivity contribution in [3.8, 4) is 5.75 Å². The molecule has 1 aliphatic heterocycles. The third-order valence-electron chi connectivity index (χ3n) is 6.48. The molecule has 1 atom stereocenters. The number of benzene rings is 3. The van der Waals surface area contributed by atoms with E-state index < -0.39 is 6.04 Å². The number of para-hydroxylation sites is 1. The molecule has 0 spiro atoms. The van der Waals surface area contributed by atoms with Gasteiger partial charge >= 0.3 is 0 Å². The minimum Gasteiger partial charge on any atom is -0.497 e. The molecule has 0 radical (unpaired) electrons. The number of carbonyl (C=O) groups excluding carboxylic acids is 1. The van der Waals surface area contributed by atoms with Crippen molar-refractivity contribution in [1.29, 1.82) is 0 Å². The van der Waals surface area contributed by atoms with Crippen LogP contribution in [0.25, 0.3) is 21.2 Å². The molecule has 0 saturated carbocycles. The molecule has 6 nitrogen and oxygen atoms in total. The molecule has 3 heterocycles. The predicted molar refractivity (Wildman–Crippen MR) is 138 cm³/mol. The third-order valence-corrected chi connectivity index (χ3v) is 7.50. The minimum absolute atomic E-state index is 0.0663. The van der Waals surface area contributed by atoms with Gasteiger partial charge in [-0.05, 0) is 53.4 Å². The van der Waals surface area contributed by atoms with Gasteiger partial charge < -0.3 is 9.15 Å². The molecule has 0 bridgehead atoms. The second-order valence-corrected chi connectivity index (χ2v) is 9.91. The normalized spacial score (nSPS) is 15.4. The smallest absolute Gasteiger partial charge is 0.297 e. The van der Waals surface area contributed by atoms with Crippen LogP contribution in [0.5, 0.6) is 5.75 Å². The van der Waals surface area contributed by atoms with E-state index in [1.165, 1.54) is 16.9 Å². The van der Waals surface area contributed by atoms with Crippen LogP contribution < -0.4 is 15.1 Å². The Morgan fingerprint density at radius 3 is 2.54 bits per heavy atom. The Bertz CT molecular complexity index is 1670. The standard InChI is InChI=1S/C28H22N2O4S/c1-15(2)17-10-13-20-22(14-17)35-28(29-20)30-24(16-8-11-18(33-3)12-9-16)23-25(31)19-6-4-5-7-21(19)34-26(23)27(30)32/h4-15,24H,1-3H3/t24-/m1/s1.